The molecule has 0 aliphatic heterocycles. The minimum Gasteiger partial charge on any atom is -0.741 e. The quantitative estimate of drug-likeness (QED) is 0.0702. The van der Waals surface area contributed by atoms with E-state index in [-0.39, 0.29) is 28.4 Å². The Kier molecular flexibility index (Phi) is 7.98. The molecular weight excluding hydrogens is 527 g/mol. The van der Waals surface area contributed by atoms with Crippen LogP contribution in [-0.4, -0.2) is 36.0 Å². The van der Waals surface area contributed by atoms with Gasteiger partial charge in [-0.15, -0.1) is 0 Å². The van der Waals surface area contributed by atoms with E-state index in [1.807, 2.05) is 60.1 Å². The number of esters is 1. The van der Waals surface area contributed by atoms with Crippen LogP contribution >= 0.6 is 0 Å². The van der Waals surface area contributed by atoms with Crippen molar-refractivity contribution in [1.29, 1.82) is 0 Å². The maximum Gasteiger partial charge on any atom is 0.485 e. The monoisotopic (exact) mass is 547 g/mol. The molecule has 0 spiro atoms. The highest BCUT2D eigenvalue weighted by atomic mass is 32.2. The summed E-state index contributed by atoms with van der Waals surface area (Å²) >= 11 is 0. The maximum absolute atomic E-state index is 13.4. The molecule has 38 heavy (non-hydrogen) atoms. The van der Waals surface area contributed by atoms with Crippen molar-refractivity contribution in [2.45, 2.75) is 19.4 Å². The molecule has 0 N–H and O–H groups in total. The molecule has 0 unspecified atom stereocenters. The van der Waals surface area contributed by atoms with Crippen molar-refractivity contribution in [2.75, 3.05) is 0 Å². The molecule has 0 saturated carbocycles. The average molecular weight is 548 g/mol. The molecule has 0 aliphatic carbocycles. The molecule has 0 amide bonds. The summed E-state index contributed by atoms with van der Waals surface area (Å²) in [5.41, 5.74) is -3.11. The summed E-state index contributed by atoms with van der Waals surface area (Å²) in [5, 5.41) is 1.46. The molecule has 4 aromatic rings. The van der Waals surface area contributed by atoms with Gasteiger partial charge in [-0.3, -0.25) is 9.59 Å². The lowest BCUT2D eigenvalue weighted by molar-refractivity contribution is -0.617. The largest absolute Gasteiger partial charge is 0.741 e. The summed E-state index contributed by atoms with van der Waals surface area (Å²) < 4.78 is 66.7. The van der Waals surface area contributed by atoms with Crippen LogP contribution in [0.2, 0.25) is 0 Å². The molecule has 12 heteroatoms. The van der Waals surface area contributed by atoms with E-state index in [2.05, 4.69) is 0 Å². The van der Waals surface area contributed by atoms with Gasteiger partial charge in [0.25, 0.3) is 0 Å². The highest BCUT2D eigenvalue weighted by Crippen LogP contribution is 2.30. The van der Waals surface area contributed by atoms with Crippen LogP contribution < -0.4 is 9.30 Å². The number of benzene rings is 3. The van der Waals surface area contributed by atoms with Crippen LogP contribution in [0.15, 0.2) is 66.7 Å². The smallest absolute Gasteiger partial charge is 0.485 e. The SMILES string of the molecule is CC(=O)c1cccc(C(C)=O)c1OC(=O)c1c2ccccc2[n+](C)c2ccccc12.O=S(=O)([O-])C(F)(F)F. The first kappa shape index (κ1) is 28.4. The fraction of sp³-hybridized carbons (Fsp3) is 0.154. The van der Waals surface area contributed by atoms with E-state index in [4.69, 9.17) is 17.7 Å². The molecule has 0 atom stereocenters. The van der Waals surface area contributed by atoms with Crippen LogP contribution in [0.5, 0.6) is 5.75 Å². The number of aromatic nitrogens is 1. The van der Waals surface area contributed by atoms with Crippen LogP contribution in [0.1, 0.15) is 44.9 Å². The van der Waals surface area contributed by atoms with E-state index < -0.39 is 21.6 Å². The number of ether oxygens (including phenoxy) is 1. The van der Waals surface area contributed by atoms with Crippen LogP contribution in [-0.2, 0) is 17.2 Å². The van der Waals surface area contributed by atoms with Crippen molar-refractivity contribution < 1.29 is 49.8 Å². The molecule has 1 heterocycles. The molecule has 1 aromatic heterocycles. The number of carbonyl (C=O) groups excluding carboxylic acids is 3. The number of rotatable bonds is 4. The number of Topliss-reactive ketones (excluding diaryl/α,β-unsaturated/α-hetero) is 2. The number of aryl methyl sites for hydroxylation is 1. The lowest BCUT2D eigenvalue weighted by Crippen LogP contribution is -2.31. The Balaban J connectivity index is 0.000000436. The van der Waals surface area contributed by atoms with Crippen molar-refractivity contribution in [3.63, 3.8) is 0 Å². The lowest BCUT2D eigenvalue weighted by Gasteiger charge is -2.14. The van der Waals surface area contributed by atoms with Gasteiger partial charge in [0.1, 0.15) is 7.05 Å². The van der Waals surface area contributed by atoms with Crippen LogP contribution in [0.3, 0.4) is 0 Å². The Hall–Kier alpha value is -4.16. The maximum atomic E-state index is 13.4. The van der Waals surface area contributed by atoms with E-state index in [1.165, 1.54) is 13.8 Å². The third-order valence-corrected chi connectivity index (χ3v) is 6.09. The van der Waals surface area contributed by atoms with Crippen molar-refractivity contribution in [3.8, 4) is 5.75 Å². The summed E-state index contributed by atoms with van der Waals surface area (Å²) in [5.74, 6) is -1.17. The third kappa shape index (κ3) is 5.71. The molecule has 198 valence electrons. The van der Waals surface area contributed by atoms with E-state index in [0.717, 1.165) is 21.8 Å². The fourth-order valence-electron chi connectivity index (χ4n) is 3.79. The molecule has 0 saturated heterocycles. The number of para-hydroxylation sites is 3. The topological polar surface area (TPSA) is 122 Å². The van der Waals surface area contributed by atoms with Gasteiger partial charge in [0.15, 0.2) is 27.4 Å². The van der Waals surface area contributed by atoms with Gasteiger partial charge in [0.2, 0.25) is 11.0 Å². The van der Waals surface area contributed by atoms with Gasteiger partial charge in [-0.25, -0.2) is 13.2 Å². The molecule has 0 radical (unpaired) electrons. The molecule has 0 fully saturated rings. The zero-order valence-corrected chi connectivity index (χ0v) is 21.0. The summed E-state index contributed by atoms with van der Waals surface area (Å²) in [7, 11) is -4.15. The number of hydrogen-bond donors (Lipinski definition) is 0. The zero-order chi connectivity index (χ0) is 28.4. The Morgan fingerprint density at radius 2 is 1.18 bits per heavy atom. The van der Waals surface area contributed by atoms with Crippen molar-refractivity contribution in [1.82, 2.24) is 0 Å². The number of ketones is 2. The third-order valence-electron chi connectivity index (χ3n) is 5.53. The van der Waals surface area contributed by atoms with Crippen LogP contribution in [0, 0.1) is 0 Å². The van der Waals surface area contributed by atoms with E-state index in [9.17, 15) is 27.6 Å². The van der Waals surface area contributed by atoms with Gasteiger partial charge >= 0.3 is 11.5 Å². The molecular formula is C26H20F3NO7S. The number of halogens is 3. The van der Waals surface area contributed by atoms with E-state index in [1.54, 1.807) is 18.2 Å². The number of carbonyl (C=O) groups is 3. The van der Waals surface area contributed by atoms with E-state index >= 15 is 0 Å². The van der Waals surface area contributed by atoms with Gasteiger partial charge in [0.05, 0.1) is 27.5 Å². The van der Waals surface area contributed by atoms with Gasteiger partial charge in [-0.2, -0.15) is 17.7 Å². The molecule has 8 nitrogen and oxygen atoms in total. The second-order valence-electron chi connectivity index (χ2n) is 8.05. The van der Waals surface area contributed by atoms with Gasteiger partial charge < -0.3 is 9.29 Å². The summed E-state index contributed by atoms with van der Waals surface area (Å²) in [6.45, 7) is 2.76. The normalized spacial score (nSPS) is 11.6. The number of nitrogens with zero attached hydrogens (tertiary/aromatic N) is 1. The highest BCUT2D eigenvalue weighted by Gasteiger charge is 2.37. The van der Waals surface area contributed by atoms with E-state index in [0.29, 0.717) is 5.56 Å². The second-order valence-corrected chi connectivity index (χ2v) is 9.42. The first-order valence-electron chi connectivity index (χ1n) is 10.8. The van der Waals surface area contributed by atoms with Crippen LogP contribution in [0.25, 0.3) is 21.8 Å². The van der Waals surface area contributed by atoms with Crippen molar-refractivity contribution in [3.05, 3.63) is 83.4 Å². The Morgan fingerprint density at radius 1 is 0.789 bits per heavy atom. The minimum absolute atomic E-state index is 0.00360. The second kappa shape index (κ2) is 10.7. The first-order chi connectivity index (χ1) is 17.6. The number of hydrogen-bond acceptors (Lipinski definition) is 7. The predicted octanol–water partition coefficient (Wildman–Crippen LogP) is 4.49. The van der Waals surface area contributed by atoms with Crippen molar-refractivity contribution in [2.24, 2.45) is 7.05 Å². The summed E-state index contributed by atoms with van der Waals surface area (Å²) in [6.07, 6.45) is 0. The molecule has 3 aromatic carbocycles. The fourth-order valence-corrected chi connectivity index (χ4v) is 3.79. The van der Waals surface area contributed by atoms with Gasteiger partial charge in [-0.1, -0.05) is 30.3 Å². The van der Waals surface area contributed by atoms with Crippen LogP contribution in [0.4, 0.5) is 13.2 Å². The first-order valence-corrected chi connectivity index (χ1v) is 12.2. The summed E-state index contributed by atoms with van der Waals surface area (Å²) in [4.78, 5) is 37.7. The highest BCUT2D eigenvalue weighted by molar-refractivity contribution is 7.86. The zero-order valence-electron chi connectivity index (χ0n) is 20.2. The van der Waals surface area contributed by atoms with Gasteiger partial charge in [-0.05, 0) is 38.1 Å². The number of pyridine rings is 1. The Bertz CT molecular complexity index is 1610. The number of fused-ring (bicyclic) bond motifs is 2. The molecule has 0 bridgehead atoms. The Labute approximate surface area is 215 Å². The standard InChI is InChI=1S/C25H20NO4.CHF3O3S/c1-15(27)17-11-8-12-18(16(2)28)24(17)30-25(29)23-19-9-4-6-13-21(19)26(3)22-14-7-5-10-20(22)23;2-1(3,4)8(5,6)7/h4-14H,1-3H3;(H,5,6,7)/q+1;/p-1. The number of alkyl halides is 3. The average Bonchev–Trinajstić information content (AvgIpc) is 2.83. The Morgan fingerprint density at radius 3 is 1.55 bits per heavy atom. The minimum atomic E-state index is -6.09. The summed E-state index contributed by atoms with van der Waals surface area (Å²) in [6, 6.07) is 19.8. The lowest BCUT2D eigenvalue weighted by atomic mass is 10.0. The molecule has 4 rings (SSSR count). The molecule has 0 aliphatic rings. The predicted molar refractivity (Wildman–Crippen MR) is 130 cm³/mol. The van der Waals surface area contributed by atoms with Gasteiger partial charge in [0, 0.05) is 12.1 Å². The van der Waals surface area contributed by atoms with Crippen molar-refractivity contribution >= 4 is 49.5 Å².